The van der Waals surface area contributed by atoms with Crippen LogP contribution in [0.1, 0.15) is 12.8 Å². The lowest BCUT2D eigenvalue weighted by Crippen LogP contribution is -2.43. The van der Waals surface area contributed by atoms with Crippen LogP contribution in [0.3, 0.4) is 0 Å². The summed E-state index contributed by atoms with van der Waals surface area (Å²) in [5.41, 5.74) is 0.495. The molecular weight excluding hydrogens is 472 g/mol. The highest BCUT2D eigenvalue weighted by atomic mass is 35.5. The number of benzene rings is 1. The second-order valence-corrected chi connectivity index (χ2v) is 11.6. The number of nitrogens with zero attached hydrogens (tertiary/aromatic N) is 3. The molecule has 0 radical (unpaired) electrons. The first-order chi connectivity index (χ1) is 14.2. The normalized spacial score (nSPS) is 17.8. The lowest BCUT2D eigenvalue weighted by atomic mass is 9.99. The van der Waals surface area contributed by atoms with E-state index in [1.165, 1.54) is 34.6 Å². The average molecular weight is 487 g/mol. The molecule has 158 valence electrons. The van der Waals surface area contributed by atoms with Gasteiger partial charge in [0.15, 0.2) is 5.13 Å². The second-order valence-electron chi connectivity index (χ2n) is 6.68. The van der Waals surface area contributed by atoms with Gasteiger partial charge in [-0.2, -0.15) is 4.31 Å². The van der Waals surface area contributed by atoms with Crippen molar-refractivity contribution < 1.29 is 18.1 Å². The number of hydrogen-bond acceptors (Lipinski definition) is 8. The van der Waals surface area contributed by atoms with Gasteiger partial charge in [0.2, 0.25) is 5.91 Å². The molecule has 0 spiro atoms. The minimum Gasteiger partial charge on any atom is -0.302 e. The van der Waals surface area contributed by atoms with E-state index >= 15 is 0 Å². The van der Waals surface area contributed by atoms with Crippen LogP contribution in [-0.2, 0) is 14.8 Å². The van der Waals surface area contributed by atoms with E-state index in [-0.39, 0.29) is 22.3 Å². The zero-order valence-corrected chi connectivity index (χ0v) is 18.5. The monoisotopic (exact) mass is 486 g/mol. The molecule has 1 saturated heterocycles. The highest BCUT2D eigenvalue weighted by Gasteiger charge is 2.34. The van der Waals surface area contributed by atoms with Gasteiger partial charge in [-0.3, -0.25) is 14.9 Å². The van der Waals surface area contributed by atoms with Gasteiger partial charge < -0.3 is 5.32 Å². The number of nitrogens with one attached hydrogen (secondary N) is 1. The lowest BCUT2D eigenvalue weighted by Gasteiger charge is -2.30. The van der Waals surface area contributed by atoms with Crippen LogP contribution in [-0.4, -0.2) is 41.6 Å². The van der Waals surface area contributed by atoms with Gasteiger partial charge >= 0.3 is 0 Å². The van der Waals surface area contributed by atoms with Gasteiger partial charge in [-0.05, 0) is 31.0 Å². The zero-order chi connectivity index (χ0) is 21.5. The largest absolute Gasteiger partial charge is 0.302 e. The number of thiophene rings is 1. The Balaban J connectivity index is 1.48. The summed E-state index contributed by atoms with van der Waals surface area (Å²) in [5, 5.41) is 14.0. The molecule has 0 saturated carbocycles. The standard InChI is InChI=1S/C17H15ClN4O5S3/c18-14-5-6-15(29-14)30(26,27)21-7-1-2-10(9-21)16(23)20-17-19-12-4-3-11(22(24)25)8-13(12)28-17/h3-6,8,10H,1-2,7,9H2,(H,19,20,23). The van der Waals surface area contributed by atoms with Crippen LogP contribution in [0.5, 0.6) is 0 Å². The fraction of sp³-hybridized carbons (Fsp3) is 0.294. The topological polar surface area (TPSA) is 123 Å². The number of rotatable bonds is 5. The fourth-order valence-electron chi connectivity index (χ4n) is 3.23. The zero-order valence-electron chi connectivity index (χ0n) is 15.3. The number of non-ortho nitro benzene ring substituents is 1. The Bertz CT molecular complexity index is 1240. The summed E-state index contributed by atoms with van der Waals surface area (Å²) in [6.07, 6.45) is 1.11. The van der Waals surface area contributed by atoms with Crippen molar-refractivity contribution in [3.05, 3.63) is 44.8 Å². The molecule has 9 nitrogen and oxygen atoms in total. The summed E-state index contributed by atoms with van der Waals surface area (Å²) in [6.45, 7) is 0.409. The highest BCUT2D eigenvalue weighted by molar-refractivity contribution is 7.91. The Morgan fingerprint density at radius 1 is 1.30 bits per heavy atom. The van der Waals surface area contributed by atoms with E-state index in [1.807, 2.05) is 0 Å². The van der Waals surface area contributed by atoms with Crippen molar-refractivity contribution in [2.45, 2.75) is 17.1 Å². The van der Waals surface area contributed by atoms with Crippen molar-refractivity contribution >= 4 is 71.2 Å². The van der Waals surface area contributed by atoms with E-state index in [2.05, 4.69) is 10.3 Å². The van der Waals surface area contributed by atoms with Gasteiger partial charge in [-0.25, -0.2) is 13.4 Å². The summed E-state index contributed by atoms with van der Waals surface area (Å²) < 4.78 is 28.1. The third-order valence-electron chi connectivity index (χ3n) is 4.71. The van der Waals surface area contributed by atoms with Crippen LogP contribution in [0.15, 0.2) is 34.5 Å². The van der Waals surface area contributed by atoms with Crippen molar-refractivity contribution in [2.75, 3.05) is 18.4 Å². The molecule has 1 aliphatic rings. The minimum atomic E-state index is -3.70. The summed E-state index contributed by atoms with van der Waals surface area (Å²) >= 11 is 7.98. The third kappa shape index (κ3) is 4.18. The molecule has 3 aromatic rings. The minimum absolute atomic E-state index is 0.0502. The van der Waals surface area contributed by atoms with Crippen LogP contribution in [0.25, 0.3) is 10.2 Å². The SMILES string of the molecule is O=C(Nc1nc2ccc([N+](=O)[O-])cc2s1)C1CCCN(S(=O)(=O)c2ccc(Cl)s2)C1. The van der Waals surface area contributed by atoms with E-state index in [0.29, 0.717) is 39.1 Å². The Morgan fingerprint density at radius 3 is 2.80 bits per heavy atom. The number of nitro groups is 1. The molecule has 3 heterocycles. The number of fused-ring (bicyclic) bond motifs is 1. The number of carbonyl (C=O) groups is 1. The van der Waals surface area contributed by atoms with Crippen molar-refractivity contribution in [1.82, 2.24) is 9.29 Å². The summed E-state index contributed by atoms with van der Waals surface area (Å²) in [5.74, 6) is -0.849. The molecule has 1 aliphatic heterocycles. The third-order valence-corrected chi connectivity index (χ3v) is 9.21. The van der Waals surface area contributed by atoms with E-state index in [9.17, 15) is 23.3 Å². The molecule has 1 unspecified atom stereocenters. The van der Waals surface area contributed by atoms with Crippen LogP contribution in [0.2, 0.25) is 4.34 Å². The summed E-state index contributed by atoms with van der Waals surface area (Å²) in [7, 11) is -3.70. The average Bonchev–Trinajstić information content (AvgIpc) is 3.33. The molecule has 1 aromatic carbocycles. The summed E-state index contributed by atoms with van der Waals surface area (Å²) in [4.78, 5) is 27.4. The number of aromatic nitrogens is 1. The molecular formula is C17H15ClN4O5S3. The van der Waals surface area contributed by atoms with Crippen LogP contribution in [0, 0.1) is 16.0 Å². The number of amides is 1. The molecule has 1 amide bonds. The second kappa shape index (κ2) is 8.19. The van der Waals surface area contributed by atoms with Gasteiger partial charge in [0, 0.05) is 25.2 Å². The molecule has 2 aromatic heterocycles. The molecule has 30 heavy (non-hydrogen) atoms. The Kier molecular flexibility index (Phi) is 5.77. The number of thiazole rings is 1. The van der Waals surface area contributed by atoms with E-state index in [0.717, 1.165) is 22.7 Å². The quantitative estimate of drug-likeness (QED) is 0.430. The van der Waals surface area contributed by atoms with Crippen molar-refractivity contribution in [3.8, 4) is 0 Å². The first kappa shape index (κ1) is 21.1. The van der Waals surface area contributed by atoms with Gasteiger partial charge in [-0.15, -0.1) is 11.3 Å². The summed E-state index contributed by atoms with van der Waals surface area (Å²) in [6, 6.07) is 7.29. The van der Waals surface area contributed by atoms with Gasteiger partial charge in [-0.1, -0.05) is 22.9 Å². The van der Waals surface area contributed by atoms with Gasteiger partial charge in [0.25, 0.3) is 15.7 Å². The van der Waals surface area contributed by atoms with Crippen molar-refractivity contribution in [2.24, 2.45) is 5.92 Å². The maximum atomic E-state index is 12.8. The smallest absolute Gasteiger partial charge is 0.270 e. The van der Waals surface area contributed by atoms with Crippen LogP contribution in [0.4, 0.5) is 10.8 Å². The number of hydrogen-bond donors (Lipinski definition) is 1. The molecule has 13 heteroatoms. The number of nitro benzene ring substituents is 1. The first-order valence-electron chi connectivity index (χ1n) is 8.85. The van der Waals surface area contributed by atoms with Crippen molar-refractivity contribution in [1.29, 1.82) is 0 Å². The van der Waals surface area contributed by atoms with Gasteiger partial charge in [0.1, 0.15) is 4.21 Å². The molecule has 1 atom stereocenters. The fourth-order valence-corrected chi connectivity index (χ4v) is 7.29. The Morgan fingerprint density at radius 2 is 2.10 bits per heavy atom. The number of sulfonamides is 1. The van der Waals surface area contributed by atoms with Crippen LogP contribution < -0.4 is 5.32 Å². The predicted octanol–water partition coefficient (Wildman–Crippen LogP) is 3.96. The lowest BCUT2D eigenvalue weighted by molar-refractivity contribution is -0.384. The maximum absolute atomic E-state index is 12.8. The molecule has 0 aliphatic carbocycles. The van der Waals surface area contributed by atoms with E-state index < -0.39 is 20.9 Å². The number of carbonyl (C=O) groups excluding carboxylic acids is 1. The maximum Gasteiger partial charge on any atom is 0.270 e. The molecule has 1 fully saturated rings. The Labute approximate surface area is 184 Å². The molecule has 4 rings (SSSR count). The van der Waals surface area contributed by atoms with Crippen molar-refractivity contribution in [3.63, 3.8) is 0 Å². The van der Waals surface area contributed by atoms with Crippen LogP contribution >= 0.6 is 34.3 Å². The number of halogens is 1. The molecule has 1 N–H and O–H groups in total. The first-order valence-corrected chi connectivity index (χ1v) is 12.3. The number of piperidine rings is 1. The van der Waals surface area contributed by atoms with E-state index in [4.69, 9.17) is 11.6 Å². The van der Waals surface area contributed by atoms with Gasteiger partial charge in [0.05, 0.1) is 25.4 Å². The molecule has 0 bridgehead atoms. The highest BCUT2D eigenvalue weighted by Crippen LogP contribution is 2.32. The van der Waals surface area contributed by atoms with E-state index in [1.54, 1.807) is 0 Å². The Hall–Kier alpha value is -2.12. The number of anilines is 1. The predicted molar refractivity (Wildman–Crippen MR) is 116 cm³/mol.